The molecule has 110 valence electrons. The van der Waals surface area contributed by atoms with E-state index in [-0.39, 0.29) is 9.88 Å². The highest BCUT2D eigenvalue weighted by atomic mass is 32.2. The monoisotopic (exact) mass is 314 g/mol. The van der Waals surface area contributed by atoms with Crippen molar-refractivity contribution in [2.75, 3.05) is 13.2 Å². The van der Waals surface area contributed by atoms with Gasteiger partial charge in [-0.05, 0) is 31.9 Å². The molecule has 1 aliphatic heterocycles. The fourth-order valence-electron chi connectivity index (χ4n) is 2.11. The van der Waals surface area contributed by atoms with E-state index in [1.54, 1.807) is 12.1 Å². The minimum atomic E-state index is -3.55. The third-order valence-electron chi connectivity index (χ3n) is 3.43. The topological polar surface area (TPSA) is 81.4 Å². The molecule has 1 heterocycles. The minimum Gasteiger partial charge on any atom is -0.389 e. The van der Waals surface area contributed by atoms with Gasteiger partial charge in [-0.3, -0.25) is 0 Å². The number of hydrogen-bond acceptors (Lipinski definition) is 4. The highest BCUT2D eigenvalue weighted by Crippen LogP contribution is 2.23. The van der Waals surface area contributed by atoms with Gasteiger partial charge in [0.2, 0.25) is 10.0 Å². The van der Waals surface area contributed by atoms with Crippen LogP contribution in [0.4, 0.5) is 0 Å². The Kier molecular flexibility index (Phi) is 4.43. The van der Waals surface area contributed by atoms with Gasteiger partial charge in [-0.25, -0.2) is 13.1 Å². The predicted molar refractivity (Wildman–Crippen MR) is 81.1 cm³/mol. The zero-order chi connectivity index (χ0) is 14.8. The number of rotatable bonds is 4. The first kappa shape index (κ1) is 15.4. The molecular formula is C13H18N2O3S2. The average Bonchev–Trinajstić information content (AvgIpc) is 2.38. The molecule has 0 amide bonds. The van der Waals surface area contributed by atoms with Crippen molar-refractivity contribution in [1.29, 1.82) is 0 Å². The molecule has 0 aliphatic carbocycles. The van der Waals surface area contributed by atoms with Crippen molar-refractivity contribution in [3.05, 3.63) is 29.8 Å². The largest absolute Gasteiger partial charge is 0.389 e. The van der Waals surface area contributed by atoms with Crippen molar-refractivity contribution >= 4 is 27.2 Å². The Bertz CT molecular complexity index is 591. The van der Waals surface area contributed by atoms with Gasteiger partial charge in [0.15, 0.2) is 0 Å². The number of nitrogens with one attached hydrogen (secondary N) is 1. The summed E-state index contributed by atoms with van der Waals surface area (Å²) in [6, 6.07) is 6.26. The highest BCUT2D eigenvalue weighted by molar-refractivity contribution is 7.89. The van der Waals surface area contributed by atoms with Crippen LogP contribution in [-0.4, -0.2) is 32.2 Å². The van der Waals surface area contributed by atoms with E-state index >= 15 is 0 Å². The molecule has 1 aliphatic rings. The summed E-state index contributed by atoms with van der Waals surface area (Å²) in [7, 11) is -3.55. The first-order chi connectivity index (χ1) is 9.32. The van der Waals surface area contributed by atoms with Crippen LogP contribution in [-0.2, 0) is 14.8 Å². The summed E-state index contributed by atoms with van der Waals surface area (Å²) in [6.07, 6.45) is 1.33. The van der Waals surface area contributed by atoms with Gasteiger partial charge in [-0.1, -0.05) is 24.4 Å². The summed E-state index contributed by atoms with van der Waals surface area (Å²) in [4.78, 5) is 0.462. The molecular weight excluding hydrogens is 296 g/mol. The van der Waals surface area contributed by atoms with E-state index in [9.17, 15) is 8.42 Å². The van der Waals surface area contributed by atoms with E-state index in [2.05, 4.69) is 4.72 Å². The smallest absolute Gasteiger partial charge is 0.241 e. The van der Waals surface area contributed by atoms with Gasteiger partial charge in [0.1, 0.15) is 4.99 Å². The molecule has 2 rings (SSSR count). The van der Waals surface area contributed by atoms with Crippen molar-refractivity contribution in [2.24, 2.45) is 5.73 Å². The summed E-state index contributed by atoms with van der Waals surface area (Å²) in [5.41, 5.74) is 5.69. The maximum atomic E-state index is 12.4. The lowest BCUT2D eigenvalue weighted by molar-refractivity contribution is 0.0537. The van der Waals surface area contributed by atoms with Crippen molar-refractivity contribution in [1.82, 2.24) is 4.72 Å². The zero-order valence-corrected chi connectivity index (χ0v) is 12.9. The average molecular weight is 314 g/mol. The molecule has 5 nitrogen and oxygen atoms in total. The second-order valence-electron chi connectivity index (χ2n) is 5.17. The van der Waals surface area contributed by atoms with E-state index < -0.39 is 15.6 Å². The third kappa shape index (κ3) is 3.54. The minimum absolute atomic E-state index is 0.213. The molecule has 0 saturated carbocycles. The van der Waals surface area contributed by atoms with Crippen molar-refractivity contribution in [2.45, 2.75) is 30.2 Å². The maximum Gasteiger partial charge on any atom is 0.241 e. The summed E-state index contributed by atoms with van der Waals surface area (Å²) in [5.74, 6) is 0. The number of ether oxygens (including phenoxy) is 1. The predicted octanol–water partition coefficient (Wildman–Crippen LogP) is 1.17. The van der Waals surface area contributed by atoms with E-state index in [1.807, 2.05) is 6.92 Å². The number of sulfonamides is 1. The number of hydrogen-bond donors (Lipinski definition) is 2. The van der Waals surface area contributed by atoms with Gasteiger partial charge in [-0.2, -0.15) is 0 Å². The quantitative estimate of drug-likeness (QED) is 0.815. The fourth-order valence-corrected chi connectivity index (χ4v) is 3.71. The van der Waals surface area contributed by atoms with Crippen LogP contribution in [0.3, 0.4) is 0 Å². The lowest BCUT2D eigenvalue weighted by Crippen LogP contribution is -2.49. The fraction of sp³-hybridized carbons (Fsp3) is 0.462. The molecule has 0 spiro atoms. The number of benzene rings is 1. The Morgan fingerprint density at radius 2 is 1.85 bits per heavy atom. The van der Waals surface area contributed by atoms with Crippen molar-refractivity contribution in [3.63, 3.8) is 0 Å². The second-order valence-corrected chi connectivity index (χ2v) is 7.29. The summed E-state index contributed by atoms with van der Waals surface area (Å²) < 4.78 is 32.8. The maximum absolute atomic E-state index is 12.4. The Balaban J connectivity index is 2.19. The molecule has 7 heteroatoms. The number of thiocarbonyl (C=S) groups is 1. The Morgan fingerprint density at radius 3 is 2.35 bits per heavy atom. The Labute approximate surface area is 124 Å². The van der Waals surface area contributed by atoms with E-state index in [0.29, 0.717) is 31.6 Å². The van der Waals surface area contributed by atoms with Crippen molar-refractivity contribution in [3.8, 4) is 0 Å². The first-order valence-electron chi connectivity index (χ1n) is 6.34. The third-order valence-corrected chi connectivity index (χ3v) is 5.32. The Morgan fingerprint density at radius 1 is 1.30 bits per heavy atom. The van der Waals surface area contributed by atoms with Gasteiger partial charge in [0, 0.05) is 24.3 Å². The van der Waals surface area contributed by atoms with Gasteiger partial charge in [-0.15, -0.1) is 0 Å². The second kappa shape index (κ2) is 5.77. The van der Waals surface area contributed by atoms with E-state index in [0.717, 1.165) is 0 Å². The molecule has 1 fully saturated rings. The summed E-state index contributed by atoms with van der Waals surface area (Å²) >= 11 is 4.85. The summed E-state index contributed by atoms with van der Waals surface area (Å²) in [6.45, 7) is 3.04. The lowest BCUT2D eigenvalue weighted by Gasteiger charge is -2.34. The molecule has 1 aromatic rings. The molecule has 0 radical (unpaired) electrons. The van der Waals surface area contributed by atoms with Crippen molar-refractivity contribution < 1.29 is 13.2 Å². The van der Waals surface area contributed by atoms with E-state index in [4.69, 9.17) is 22.7 Å². The summed E-state index contributed by atoms with van der Waals surface area (Å²) in [5, 5.41) is 0. The van der Waals surface area contributed by atoms with Gasteiger partial charge in [0.25, 0.3) is 0 Å². The van der Waals surface area contributed by atoms with Crippen LogP contribution in [0, 0.1) is 0 Å². The van der Waals surface area contributed by atoms with Crippen LogP contribution in [0.5, 0.6) is 0 Å². The molecule has 0 bridgehead atoms. The highest BCUT2D eigenvalue weighted by Gasteiger charge is 2.32. The molecule has 0 aromatic heterocycles. The van der Waals surface area contributed by atoms with Crippen LogP contribution in [0.25, 0.3) is 0 Å². The first-order valence-corrected chi connectivity index (χ1v) is 8.23. The zero-order valence-electron chi connectivity index (χ0n) is 11.3. The molecule has 20 heavy (non-hydrogen) atoms. The molecule has 1 aromatic carbocycles. The SMILES string of the molecule is CC1(NS(=O)(=O)c2ccc(C(N)=S)cc2)CCOCC1. The van der Waals surface area contributed by atoms with Crippen LogP contribution in [0.2, 0.25) is 0 Å². The number of nitrogens with two attached hydrogens (primary N) is 1. The molecule has 1 saturated heterocycles. The van der Waals surface area contributed by atoms with Crippen LogP contribution >= 0.6 is 12.2 Å². The van der Waals surface area contributed by atoms with Gasteiger partial charge < -0.3 is 10.5 Å². The van der Waals surface area contributed by atoms with Crippen LogP contribution in [0.15, 0.2) is 29.2 Å². The molecule has 0 unspecified atom stereocenters. The van der Waals surface area contributed by atoms with Gasteiger partial charge >= 0.3 is 0 Å². The van der Waals surface area contributed by atoms with Gasteiger partial charge in [0.05, 0.1) is 4.90 Å². The lowest BCUT2D eigenvalue weighted by atomic mass is 9.94. The molecule has 3 N–H and O–H groups in total. The normalized spacial score (nSPS) is 18.6. The van der Waals surface area contributed by atoms with Crippen LogP contribution in [0.1, 0.15) is 25.3 Å². The molecule has 0 atom stereocenters. The van der Waals surface area contributed by atoms with Crippen LogP contribution < -0.4 is 10.5 Å². The standard InChI is InChI=1S/C13H18N2O3S2/c1-13(6-8-18-9-7-13)15-20(16,17)11-4-2-10(3-5-11)12(14)19/h2-5,15H,6-9H2,1H3,(H2,14,19). The van der Waals surface area contributed by atoms with E-state index in [1.165, 1.54) is 12.1 Å². The Hall–Kier alpha value is -1.02.